The summed E-state index contributed by atoms with van der Waals surface area (Å²) in [6, 6.07) is 10.8. The number of para-hydroxylation sites is 1. The lowest BCUT2D eigenvalue weighted by Gasteiger charge is -2.11. The molecule has 0 spiro atoms. The molecular weight excluding hydrogens is 275 g/mol. The van der Waals surface area contributed by atoms with Crippen molar-refractivity contribution in [3.8, 4) is 5.75 Å². The van der Waals surface area contributed by atoms with E-state index in [0.717, 1.165) is 11.6 Å². The first kappa shape index (κ1) is 14.9. The molecule has 5 nitrogen and oxygen atoms in total. The standard InChI is InChI=1S/C15H15FN2O3/c16-13-7-11(8-14(9-13)18(19)20)10-21-15-4-2-1-3-12(15)5-6-17/h1-4,7-9H,5-6,10,17H2. The molecule has 0 heterocycles. The number of hydrogen-bond donors (Lipinski definition) is 1. The zero-order valence-corrected chi connectivity index (χ0v) is 11.3. The SMILES string of the molecule is NCCc1ccccc1OCc1cc(F)cc([N+](=O)[O-])c1. The lowest BCUT2D eigenvalue weighted by molar-refractivity contribution is -0.385. The van der Waals surface area contributed by atoms with Crippen molar-refractivity contribution in [2.45, 2.75) is 13.0 Å². The van der Waals surface area contributed by atoms with E-state index < -0.39 is 10.7 Å². The average molecular weight is 290 g/mol. The number of nitro benzene ring substituents is 1. The Kier molecular flexibility index (Phi) is 4.84. The van der Waals surface area contributed by atoms with Gasteiger partial charge in [0.05, 0.1) is 11.0 Å². The smallest absolute Gasteiger partial charge is 0.272 e. The summed E-state index contributed by atoms with van der Waals surface area (Å²) in [5, 5.41) is 10.7. The Balaban J connectivity index is 2.15. The Morgan fingerprint density at radius 1 is 1.24 bits per heavy atom. The van der Waals surface area contributed by atoms with E-state index in [1.807, 2.05) is 18.2 Å². The van der Waals surface area contributed by atoms with E-state index in [-0.39, 0.29) is 12.3 Å². The highest BCUT2D eigenvalue weighted by atomic mass is 19.1. The summed E-state index contributed by atoms with van der Waals surface area (Å²) in [5.41, 5.74) is 6.60. The highest BCUT2D eigenvalue weighted by molar-refractivity contribution is 5.36. The summed E-state index contributed by atoms with van der Waals surface area (Å²) in [7, 11) is 0. The molecule has 0 fully saturated rings. The third kappa shape index (κ3) is 4.00. The van der Waals surface area contributed by atoms with Gasteiger partial charge in [-0.15, -0.1) is 0 Å². The van der Waals surface area contributed by atoms with Gasteiger partial charge in [-0.05, 0) is 36.2 Å². The molecule has 2 aromatic carbocycles. The van der Waals surface area contributed by atoms with Gasteiger partial charge in [0.2, 0.25) is 0 Å². The Morgan fingerprint density at radius 3 is 2.71 bits per heavy atom. The number of benzene rings is 2. The quantitative estimate of drug-likeness (QED) is 0.655. The fourth-order valence-electron chi connectivity index (χ4n) is 1.99. The van der Waals surface area contributed by atoms with E-state index >= 15 is 0 Å². The first-order valence-corrected chi connectivity index (χ1v) is 6.45. The number of hydrogen-bond acceptors (Lipinski definition) is 4. The minimum absolute atomic E-state index is 0.0557. The Morgan fingerprint density at radius 2 is 2.00 bits per heavy atom. The van der Waals surface area contributed by atoms with Crippen LogP contribution in [0.5, 0.6) is 5.75 Å². The minimum atomic E-state index is -0.655. The van der Waals surface area contributed by atoms with E-state index in [4.69, 9.17) is 10.5 Å². The van der Waals surface area contributed by atoms with Crippen LogP contribution < -0.4 is 10.5 Å². The molecule has 0 saturated heterocycles. The highest BCUT2D eigenvalue weighted by Crippen LogP contribution is 2.21. The van der Waals surface area contributed by atoms with Crippen molar-refractivity contribution >= 4 is 5.69 Å². The van der Waals surface area contributed by atoms with Crippen molar-refractivity contribution in [2.75, 3.05) is 6.54 Å². The van der Waals surface area contributed by atoms with Crippen molar-refractivity contribution in [2.24, 2.45) is 5.73 Å². The van der Waals surface area contributed by atoms with Gasteiger partial charge >= 0.3 is 0 Å². The maximum absolute atomic E-state index is 13.3. The molecule has 2 rings (SSSR count). The van der Waals surface area contributed by atoms with Gasteiger partial charge in [-0.3, -0.25) is 10.1 Å². The van der Waals surface area contributed by atoms with Crippen molar-refractivity contribution in [1.82, 2.24) is 0 Å². The summed E-state index contributed by atoms with van der Waals surface area (Å²) < 4.78 is 19.0. The van der Waals surface area contributed by atoms with Crippen LogP contribution in [0.1, 0.15) is 11.1 Å². The van der Waals surface area contributed by atoms with Crippen LogP contribution in [0, 0.1) is 15.9 Å². The largest absolute Gasteiger partial charge is 0.489 e. The van der Waals surface area contributed by atoms with Gasteiger partial charge in [-0.2, -0.15) is 0 Å². The van der Waals surface area contributed by atoms with Gasteiger partial charge in [-0.1, -0.05) is 18.2 Å². The molecule has 110 valence electrons. The molecular formula is C15H15FN2O3. The van der Waals surface area contributed by atoms with Crippen LogP contribution in [-0.4, -0.2) is 11.5 Å². The molecule has 0 saturated carbocycles. The molecule has 0 radical (unpaired) electrons. The predicted octanol–water partition coefficient (Wildman–Crippen LogP) is 2.81. The molecule has 0 amide bonds. The molecule has 21 heavy (non-hydrogen) atoms. The van der Waals surface area contributed by atoms with Crippen LogP contribution in [-0.2, 0) is 13.0 Å². The van der Waals surface area contributed by atoms with E-state index in [9.17, 15) is 14.5 Å². The van der Waals surface area contributed by atoms with Crippen LogP contribution in [0.25, 0.3) is 0 Å². The molecule has 0 unspecified atom stereocenters. The van der Waals surface area contributed by atoms with Crippen LogP contribution in [0.15, 0.2) is 42.5 Å². The molecule has 0 aliphatic rings. The first-order chi connectivity index (χ1) is 10.1. The average Bonchev–Trinajstić information content (AvgIpc) is 2.46. The van der Waals surface area contributed by atoms with E-state index in [1.165, 1.54) is 12.1 Å². The lowest BCUT2D eigenvalue weighted by atomic mass is 10.1. The van der Waals surface area contributed by atoms with Crippen LogP contribution in [0.3, 0.4) is 0 Å². The summed E-state index contributed by atoms with van der Waals surface area (Å²) in [6.45, 7) is 0.548. The molecule has 0 aliphatic heterocycles. The normalized spacial score (nSPS) is 10.4. The lowest BCUT2D eigenvalue weighted by Crippen LogP contribution is -2.05. The number of ether oxygens (including phenoxy) is 1. The second-order valence-corrected chi connectivity index (χ2v) is 4.51. The molecule has 0 atom stereocenters. The monoisotopic (exact) mass is 290 g/mol. The number of rotatable bonds is 6. The van der Waals surface area contributed by atoms with E-state index in [0.29, 0.717) is 24.3 Å². The number of nitrogens with zero attached hydrogens (tertiary/aromatic N) is 1. The second-order valence-electron chi connectivity index (χ2n) is 4.51. The molecule has 2 aromatic rings. The van der Waals surface area contributed by atoms with Crippen molar-refractivity contribution in [1.29, 1.82) is 0 Å². The predicted molar refractivity (Wildman–Crippen MR) is 76.6 cm³/mol. The second kappa shape index (κ2) is 6.81. The fourth-order valence-corrected chi connectivity index (χ4v) is 1.99. The maximum Gasteiger partial charge on any atom is 0.272 e. The number of nitro groups is 1. The summed E-state index contributed by atoms with van der Waals surface area (Å²) in [4.78, 5) is 10.1. The molecule has 0 bridgehead atoms. The number of nitrogens with two attached hydrogens (primary N) is 1. The van der Waals surface area contributed by atoms with Crippen LogP contribution >= 0.6 is 0 Å². The van der Waals surface area contributed by atoms with Gasteiger partial charge in [0, 0.05) is 6.07 Å². The molecule has 0 aliphatic carbocycles. The van der Waals surface area contributed by atoms with Crippen LogP contribution in [0.4, 0.5) is 10.1 Å². The third-order valence-electron chi connectivity index (χ3n) is 2.93. The zero-order valence-electron chi connectivity index (χ0n) is 11.3. The van der Waals surface area contributed by atoms with Crippen LogP contribution in [0.2, 0.25) is 0 Å². The van der Waals surface area contributed by atoms with Gasteiger partial charge in [0.1, 0.15) is 18.2 Å². The fraction of sp³-hybridized carbons (Fsp3) is 0.200. The summed E-state index contributed by atoms with van der Waals surface area (Å²) in [5.74, 6) is -0.00657. The Hall–Kier alpha value is -2.47. The summed E-state index contributed by atoms with van der Waals surface area (Å²) >= 11 is 0. The third-order valence-corrected chi connectivity index (χ3v) is 2.93. The topological polar surface area (TPSA) is 78.4 Å². The van der Waals surface area contributed by atoms with Crippen molar-refractivity contribution in [3.63, 3.8) is 0 Å². The van der Waals surface area contributed by atoms with Crippen molar-refractivity contribution < 1.29 is 14.1 Å². The number of halogens is 1. The van der Waals surface area contributed by atoms with Gasteiger partial charge in [-0.25, -0.2) is 4.39 Å². The van der Waals surface area contributed by atoms with E-state index in [1.54, 1.807) is 6.07 Å². The molecule has 2 N–H and O–H groups in total. The molecule has 0 aromatic heterocycles. The van der Waals surface area contributed by atoms with Gasteiger partial charge < -0.3 is 10.5 Å². The first-order valence-electron chi connectivity index (χ1n) is 6.45. The minimum Gasteiger partial charge on any atom is -0.489 e. The zero-order chi connectivity index (χ0) is 15.2. The maximum atomic E-state index is 13.3. The Labute approximate surface area is 121 Å². The van der Waals surface area contributed by atoms with Gasteiger partial charge in [0.15, 0.2) is 0 Å². The molecule has 6 heteroatoms. The Bertz CT molecular complexity index is 647. The summed E-state index contributed by atoms with van der Waals surface area (Å²) in [6.07, 6.45) is 0.666. The number of non-ortho nitro benzene ring substituents is 1. The van der Waals surface area contributed by atoms with Crippen molar-refractivity contribution in [3.05, 3.63) is 69.5 Å². The van der Waals surface area contributed by atoms with Gasteiger partial charge in [0.25, 0.3) is 5.69 Å². The highest BCUT2D eigenvalue weighted by Gasteiger charge is 2.10. The van der Waals surface area contributed by atoms with E-state index in [2.05, 4.69) is 0 Å².